The number of ether oxygens (including phenoxy) is 1. The van der Waals surface area contributed by atoms with E-state index < -0.39 is 12.0 Å². The third-order valence-electron chi connectivity index (χ3n) is 4.45. The van der Waals surface area contributed by atoms with Crippen LogP contribution >= 0.6 is 0 Å². The average molecular weight is 339 g/mol. The molecular formula is C20H21NO4. The maximum atomic E-state index is 12.4. The molecule has 0 fully saturated rings. The first-order chi connectivity index (χ1) is 12.1. The summed E-state index contributed by atoms with van der Waals surface area (Å²) in [6.07, 6.45) is 1.76. The van der Waals surface area contributed by atoms with Gasteiger partial charge in [-0.1, -0.05) is 37.3 Å². The van der Waals surface area contributed by atoms with E-state index in [1.54, 1.807) is 18.2 Å². The molecule has 0 aromatic heterocycles. The Morgan fingerprint density at radius 3 is 2.68 bits per heavy atom. The molecule has 1 amide bonds. The van der Waals surface area contributed by atoms with E-state index in [9.17, 15) is 14.7 Å². The number of carboxylic acids is 1. The zero-order valence-electron chi connectivity index (χ0n) is 14.1. The van der Waals surface area contributed by atoms with Crippen molar-refractivity contribution in [2.24, 2.45) is 0 Å². The van der Waals surface area contributed by atoms with Gasteiger partial charge in [-0.2, -0.15) is 0 Å². The van der Waals surface area contributed by atoms with Crippen molar-refractivity contribution >= 4 is 11.9 Å². The van der Waals surface area contributed by atoms with Crippen LogP contribution in [0.4, 0.5) is 0 Å². The summed E-state index contributed by atoms with van der Waals surface area (Å²) in [4.78, 5) is 24.1. The second-order valence-corrected chi connectivity index (χ2v) is 6.10. The fraction of sp³-hybridized carbons (Fsp3) is 0.300. The van der Waals surface area contributed by atoms with Gasteiger partial charge in [-0.05, 0) is 40.8 Å². The second-order valence-electron chi connectivity index (χ2n) is 6.10. The Hall–Kier alpha value is -2.82. The fourth-order valence-corrected chi connectivity index (χ4v) is 3.13. The SMILES string of the molecule is CCc1ccccc1CC(=O)NC(C(=O)O)c1ccc2c(c1)CCO2. The molecule has 1 unspecified atom stereocenters. The van der Waals surface area contributed by atoms with Crippen LogP contribution in [0, 0.1) is 0 Å². The van der Waals surface area contributed by atoms with Gasteiger partial charge in [0.15, 0.2) is 6.04 Å². The standard InChI is InChI=1S/C20H21NO4/c1-2-13-5-3-4-6-14(13)12-18(22)21-19(20(23)24)16-7-8-17-15(11-16)9-10-25-17/h3-8,11,19H,2,9-10,12H2,1H3,(H,21,22)(H,23,24). The highest BCUT2D eigenvalue weighted by atomic mass is 16.5. The molecular weight excluding hydrogens is 318 g/mol. The van der Waals surface area contributed by atoms with Gasteiger partial charge in [-0.15, -0.1) is 0 Å². The Balaban J connectivity index is 1.76. The molecule has 0 aliphatic carbocycles. The highest BCUT2D eigenvalue weighted by Gasteiger charge is 2.24. The summed E-state index contributed by atoms with van der Waals surface area (Å²) in [6.45, 7) is 2.64. The van der Waals surface area contributed by atoms with Crippen LogP contribution in [0.1, 0.15) is 35.2 Å². The summed E-state index contributed by atoms with van der Waals surface area (Å²) in [7, 11) is 0. The van der Waals surface area contributed by atoms with Crippen LogP contribution in [-0.4, -0.2) is 23.6 Å². The molecule has 0 bridgehead atoms. The summed E-state index contributed by atoms with van der Waals surface area (Å²) >= 11 is 0. The minimum Gasteiger partial charge on any atom is -0.493 e. The molecule has 0 spiro atoms. The first-order valence-corrected chi connectivity index (χ1v) is 8.43. The Bertz CT molecular complexity index is 800. The quantitative estimate of drug-likeness (QED) is 0.848. The van der Waals surface area contributed by atoms with Gasteiger partial charge in [0, 0.05) is 6.42 Å². The summed E-state index contributed by atoms with van der Waals surface area (Å²) < 4.78 is 5.44. The van der Waals surface area contributed by atoms with E-state index in [4.69, 9.17) is 4.74 Å². The van der Waals surface area contributed by atoms with Crippen LogP contribution in [0.25, 0.3) is 0 Å². The molecule has 5 heteroatoms. The maximum absolute atomic E-state index is 12.4. The van der Waals surface area contributed by atoms with E-state index in [-0.39, 0.29) is 12.3 Å². The Kier molecular flexibility index (Phi) is 5.03. The molecule has 5 nitrogen and oxygen atoms in total. The van der Waals surface area contributed by atoms with Gasteiger partial charge in [-0.3, -0.25) is 4.79 Å². The van der Waals surface area contributed by atoms with E-state index in [2.05, 4.69) is 5.32 Å². The number of aliphatic carboxylic acids is 1. The molecule has 2 N–H and O–H groups in total. The average Bonchev–Trinajstić information content (AvgIpc) is 3.07. The molecule has 2 aromatic rings. The number of fused-ring (bicyclic) bond motifs is 1. The zero-order valence-corrected chi connectivity index (χ0v) is 14.1. The van der Waals surface area contributed by atoms with Gasteiger partial charge in [0.2, 0.25) is 5.91 Å². The summed E-state index contributed by atoms with van der Waals surface area (Å²) in [6, 6.07) is 11.9. The van der Waals surface area contributed by atoms with Gasteiger partial charge in [0.05, 0.1) is 13.0 Å². The third kappa shape index (κ3) is 3.82. The number of nitrogens with one attached hydrogen (secondary N) is 1. The first-order valence-electron chi connectivity index (χ1n) is 8.43. The summed E-state index contributed by atoms with van der Waals surface area (Å²) in [5.74, 6) is -0.586. The highest BCUT2D eigenvalue weighted by Crippen LogP contribution is 2.28. The molecule has 1 atom stereocenters. The Morgan fingerprint density at radius 1 is 1.20 bits per heavy atom. The van der Waals surface area contributed by atoms with Gasteiger partial charge in [-0.25, -0.2) is 4.79 Å². The lowest BCUT2D eigenvalue weighted by Gasteiger charge is -2.16. The predicted octanol–water partition coefficient (Wildman–Crippen LogP) is 2.67. The molecule has 2 aromatic carbocycles. The number of carbonyl (C=O) groups is 2. The zero-order chi connectivity index (χ0) is 17.8. The van der Waals surface area contributed by atoms with Crippen LogP contribution in [0.3, 0.4) is 0 Å². The smallest absolute Gasteiger partial charge is 0.330 e. The number of aryl methyl sites for hydroxylation is 1. The monoisotopic (exact) mass is 339 g/mol. The predicted molar refractivity (Wildman–Crippen MR) is 93.7 cm³/mol. The molecule has 0 radical (unpaired) electrons. The number of carbonyl (C=O) groups excluding carboxylic acids is 1. The van der Waals surface area contributed by atoms with Crippen molar-refractivity contribution in [3.05, 3.63) is 64.7 Å². The normalized spacial score (nSPS) is 13.6. The van der Waals surface area contributed by atoms with Crippen molar-refractivity contribution < 1.29 is 19.4 Å². The van der Waals surface area contributed by atoms with Gasteiger partial charge >= 0.3 is 5.97 Å². The van der Waals surface area contributed by atoms with E-state index >= 15 is 0 Å². The van der Waals surface area contributed by atoms with Crippen LogP contribution in [-0.2, 0) is 28.9 Å². The largest absolute Gasteiger partial charge is 0.493 e. The lowest BCUT2D eigenvalue weighted by molar-refractivity contribution is -0.141. The van der Waals surface area contributed by atoms with Gasteiger partial charge in [0.1, 0.15) is 5.75 Å². The molecule has 1 aliphatic heterocycles. The van der Waals surface area contributed by atoms with E-state index in [0.717, 1.165) is 35.3 Å². The van der Waals surface area contributed by atoms with Crippen LogP contribution < -0.4 is 10.1 Å². The Labute approximate surface area is 146 Å². The summed E-state index contributed by atoms with van der Waals surface area (Å²) in [5, 5.41) is 12.2. The van der Waals surface area contributed by atoms with Crippen LogP contribution in [0.2, 0.25) is 0 Å². The molecule has 130 valence electrons. The van der Waals surface area contributed by atoms with Crippen molar-refractivity contribution in [1.82, 2.24) is 5.32 Å². The summed E-state index contributed by atoms with van der Waals surface area (Å²) in [5.41, 5.74) is 3.57. The third-order valence-corrected chi connectivity index (χ3v) is 4.45. The first kappa shape index (κ1) is 17.0. The number of carboxylic acid groups (broad SMARTS) is 1. The van der Waals surface area contributed by atoms with E-state index in [1.807, 2.05) is 31.2 Å². The minimum absolute atomic E-state index is 0.168. The van der Waals surface area contributed by atoms with Crippen molar-refractivity contribution in [1.29, 1.82) is 0 Å². The number of benzene rings is 2. The molecule has 1 aliphatic rings. The second kappa shape index (κ2) is 7.38. The highest BCUT2D eigenvalue weighted by molar-refractivity contribution is 5.86. The van der Waals surface area contributed by atoms with Gasteiger partial charge in [0.25, 0.3) is 0 Å². The molecule has 0 saturated heterocycles. The molecule has 1 heterocycles. The van der Waals surface area contributed by atoms with Crippen molar-refractivity contribution in [2.45, 2.75) is 32.2 Å². The minimum atomic E-state index is -1.07. The van der Waals surface area contributed by atoms with Crippen molar-refractivity contribution in [3.63, 3.8) is 0 Å². The van der Waals surface area contributed by atoms with Gasteiger partial charge < -0.3 is 15.2 Å². The molecule has 3 rings (SSSR count). The van der Waals surface area contributed by atoms with E-state index in [0.29, 0.717) is 12.2 Å². The lowest BCUT2D eigenvalue weighted by Crippen LogP contribution is -2.34. The van der Waals surface area contributed by atoms with Crippen molar-refractivity contribution in [3.8, 4) is 5.75 Å². The number of hydrogen-bond acceptors (Lipinski definition) is 3. The number of rotatable bonds is 6. The van der Waals surface area contributed by atoms with Crippen LogP contribution in [0.5, 0.6) is 5.75 Å². The Morgan fingerprint density at radius 2 is 1.96 bits per heavy atom. The topological polar surface area (TPSA) is 75.6 Å². The van der Waals surface area contributed by atoms with Crippen molar-refractivity contribution in [2.75, 3.05) is 6.61 Å². The number of hydrogen-bond donors (Lipinski definition) is 2. The maximum Gasteiger partial charge on any atom is 0.330 e. The lowest BCUT2D eigenvalue weighted by atomic mass is 10.0. The molecule has 25 heavy (non-hydrogen) atoms. The number of amides is 1. The van der Waals surface area contributed by atoms with E-state index in [1.165, 1.54) is 0 Å². The molecule has 0 saturated carbocycles. The fourth-order valence-electron chi connectivity index (χ4n) is 3.13. The van der Waals surface area contributed by atoms with Crippen LogP contribution in [0.15, 0.2) is 42.5 Å².